The van der Waals surface area contributed by atoms with Crippen LogP contribution in [0.15, 0.2) is 0 Å². The van der Waals surface area contributed by atoms with Crippen LogP contribution < -0.4 is 5.73 Å². The molecule has 0 aromatic carbocycles. The molecule has 90 valence electrons. The highest BCUT2D eigenvalue weighted by molar-refractivity contribution is 7.52. The summed E-state index contributed by atoms with van der Waals surface area (Å²) in [7, 11) is -4.41. The second-order valence-corrected chi connectivity index (χ2v) is 5.16. The number of hydrogen-bond acceptors (Lipinski definition) is 3. The van der Waals surface area contributed by atoms with Gasteiger partial charge in [-0.1, -0.05) is 0 Å². The predicted octanol–water partition coefficient (Wildman–Crippen LogP) is 0.0844. The summed E-state index contributed by atoms with van der Waals surface area (Å²) in [4.78, 5) is 28.1. The topological polar surface area (TPSA) is 121 Å². The quantitative estimate of drug-likeness (QED) is 0.470. The molecule has 6 nitrogen and oxygen atoms in total. The smallest absolute Gasteiger partial charge is 0.328 e. The summed E-state index contributed by atoms with van der Waals surface area (Å²) in [5, 5.41) is 8.47. The molecule has 0 aromatic rings. The summed E-state index contributed by atoms with van der Waals surface area (Å²) in [5.41, 5.74) is 3.97. The molecule has 0 aliphatic carbocycles. The van der Waals surface area contributed by atoms with Gasteiger partial charge in [-0.2, -0.15) is 0 Å². The maximum atomic E-state index is 11.8. The minimum Gasteiger partial charge on any atom is -0.480 e. The van der Waals surface area contributed by atoms with Gasteiger partial charge in [-0.25, -0.2) is 0 Å². The van der Waals surface area contributed by atoms with Crippen molar-refractivity contribution in [1.82, 2.24) is 0 Å². The van der Waals surface area contributed by atoms with Crippen LogP contribution in [0.1, 0.15) is 19.3 Å². The number of carboxylic acids is 1. The first-order valence-corrected chi connectivity index (χ1v) is 6.06. The number of hydrogen-bond donors (Lipinski definition) is 4. The fourth-order valence-electron chi connectivity index (χ4n) is 1.13. The van der Waals surface area contributed by atoms with Gasteiger partial charge >= 0.3 is 13.6 Å². The van der Waals surface area contributed by atoms with E-state index in [4.69, 9.17) is 20.6 Å². The van der Waals surface area contributed by atoms with Crippen molar-refractivity contribution >= 4 is 13.6 Å². The minimum atomic E-state index is -4.41. The fraction of sp³-hybridized carbons (Fsp3) is 0.857. The summed E-state index contributed by atoms with van der Waals surface area (Å²) in [5.74, 6) is -1.33. The summed E-state index contributed by atoms with van der Waals surface area (Å²) in [6.45, 7) is -0.696. The average molecular weight is 243 g/mol. The molecule has 8 heteroatoms. The number of aliphatic carboxylic acids is 1. The van der Waals surface area contributed by atoms with Crippen molar-refractivity contribution in [2.24, 2.45) is 5.73 Å². The number of halogens is 1. The Kier molecular flexibility index (Phi) is 5.97. The molecule has 0 aromatic heterocycles. The van der Waals surface area contributed by atoms with E-state index in [1.807, 2.05) is 0 Å². The normalized spacial score (nSPS) is 16.0. The summed E-state index contributed by atoms with van der Waals surface area (Å²) >= 11 is 0. The van der Waals surface area contributed by atoms with Crippen molar-refractivity contribution in [3.8, 4) is 0 Å². The van der Waals surface area contributed by atoms with Gasteiger partial charge in [-0.15, -0.1) is 0 Å². The van der Waals surface area contributed by atoms with E-state index >= 15 is 0 Å². The van der Waals surface area contributed by atoms with Crippen molar-refractivity contribution in [3.05, 3.63) is 0 Å². The van der Waals surface area contributed by atoms with Crippen molar-refractivity contribution in [3.63, 3.8) is 0 Å². The third kappa shape index (κ3) is 5.84. The Bertz CT molecular complexity index is 256. The molecule has 0 bridgehead atoms. The van der Waals surface area contributed by atoms with Crippen molar-refractivity contribution < 1.29 is 28.6 Å². The molecule has 1 unspecified atom stereocenters. The van der Waals surface area contributed by atoms with Gasteiger partial charge in [0.25, 0.3) is 0 Å². The zero-order chi connectivity index (χ0) is 12.1. The number of alkyl halides is 1. The molecule has 0 spiro atoms. The molecule has 0 amide bonds. The van der Waals surface area contributed by atoms with Gasteiger partial charge in [0.15, 0.2) is 0 Å². The standard InChI is InChI=1S/C7H15FNO5P/c8-3-1-2-5(15(12,13)14)4-6(9)7(10)11/h5-6H,1-4,9H2,(H,10,11)(H2,12,13,14)/t5?,6-/m0/s1. The molecule has 0 fully saturated rings. The largest absolute Gasteiger partial charge is 0.480 e. The number of nitrogens with two attached hydrogens (primary N) is 1. The maximum absolute atomic E-state index is 11.8. The second-order valence-electron chi connectivity index (χ2n) is 3.25. The molecule has 0 rings (SSSR count). The van der Waals surface area contributed by atoms with Crippen LogP contribution in [0, 0.1) is 0 Å². The van der Waals surface area contributed by atoms with Crippen LogP contribution in [0.25, 0.3) is 0 Å². The molecule has 0 aliphatic rings. The van der Waals surface area contributed by atoms with E-state index in [1.165, 1.54) is 0 Å². The Morgan fingerprint density at radius 2 is 2.00 bits per heavy atom. The van der Waals surface area contributed by atoms with E-state index in [0.29, 0.717) is 0 Å². The first-order chi connectivity index (χ1) is 6.79. The van der Waals surface area contributed by atoms with Gasteiger partial charge in [0.05, 0.1) is 12.3 Å². The molecule has 5 N–H and O–H groups in total. The van der Waals surface area contributed by atoms with Gasteiger partial charge < -0.3 is 20.6 Å². The molecule has 15 heavy (non-hydrogen) atoms. The zero-order valence-electron chi connectivity index (χ0n) is 8.04. The first-order valence-electron chi connectivity index (χ1n) is 4.38. The van der Waals surface area contributed by atoms with Crippen LogP contribution in [0.4, 0.5) is 4.39 Å². The molecular formula is C7H15FNO5P. The summed E-state index contributed by atoms with van der Waals surface area (Å²) in [6, 6.07) is -1.33. The minimum absolute atomic E-state index is 0.0118. The summed E-state index contributed by atoms with van der Waals surface area (Å²) < 4.78 is 22.8. The second kappa shape index (κ2) is 6.17. The molecule has 0 radical (unpaired) electrons. The van der Waals surface area contributed by atoms with E-state index in [1.54, 1.807) is 0 Å². The van der Waals surface area contributed by atoms with Crippen LogP contribution in [-0.4, -0.2) is 39.2 Å². The SMILES string of the molecule is N[C@@H](CC(CCCF)P(=O)(O)O)C(=O)O. The maximum Gasteiger partial charge on any atom is 0.328 e. The Morgan fingerprint density at radius 1 is 1.47 bits per heavy atom. The van der Waals surface area contributed by atoms with Crippen molar-refractivity contribution in [2.75, 3.05) is 6.67 Å². The monoisotopic (exact) mass is 243 g/mol. The van der Waals surface area contributed by atoms with E-state index in [2.05, 4.69) is 0 Å². The molecule has 0 heterocycles. The zero-order valence-corrected chi connectivity index (χ0v) is 8.94. The van der Waals surface area contributed by atoms with Crippen LogP contribution >= 0.6 is 7.60 Å². The van der Waals surface area contributed by atoms with Gasteiger partial charge in [0, 0.05) is 0 Å². The van der Waals surface area contributed by atoms with Gasteiger partial charge in [-0.05, 0) is 19.3 Å². The predicted molar refractivity (Wildman–Crippen MR) is 51.3 cm³/mol. The first kappa shape index (κ1) is 14.5. The van der Waals surface area contributed by atoms with E-state index in [-0.39, 0.29) is 19.3 Å². The highest BCUT2D eigenvalue weighted by Crippen LogP contribution is 2.45. The van der Waals surface area contributed by atoms with Crippen LogP contribution in [0.2, 0.25) is 0 Å². The van der Waals surface area contributed by atoms with Crippen LogP contribution in [0.3, 0.4) is 0 Å². The van der Waals surface area contributed by atoms with Crippen molar-refractivity contribution in [2.45, 2.75) is 31.0 Å². The third-order valence-corrected chi connectivity index (χ3v) is 3.41. The molecule has 0 aliphatic heterocycles. The van der Waals surface area contributed by atoms with Crippen LogP contribution in [-0.2, 0) is 9.36 Å². The Balaban J connectivity index is 4.38. The highest BCUT2D eigenvalue weighted by atomic mass is 31.2. The van der Waals surface area contributed by atoms with Gasteiger partial charge in [0.2, 0.25) is 0 Å². The molecule has 0 saturated carbocycles. The van der Waals surface area contributed by atoms with E-state index in [0.717, 1.165) is 0 Å². The lowest BCUT2D eigenvalue weighted by Gasteiger charge is -2.19. The Labute approximate surface area is 86.4 Å². The number of carbonyl (C=O) groups is 1. The van der Waals surface area contributed by atoms with E-state index < -0.39 is 31.9 Å². The van der Waals surface area contributed by atoms with Crippen molar-refractivity contribution in [1.29, 1.82) is 0 Å². The average Bonchev–Trinajstić information content (AvgIpc) is 2.09. The Hall–Kier alpha value is -0.490. The lowest BCUT2D eigenvalue weighted by atomic mass is 10.1. The fourth-order valence-corrected chi connectivity index (χ4v) is 2.15. The van der Waals surface area contributed by atoms with Gasteiger partial charge in [-0.3, -0.25) is 13.8 Å². The molecule has 0 saturated heterocycles. The lowest BCUT2D eigenvalue weighted by molar-refractivity contribution is -0.138. The lowest BCUT2D eigenvalue weighted by Crippen LogP contribution is -2.34. The van der Waals surface area contributed by atoms with E-state index in [9.17, 15) is 13.8 Å². The summed E-state index contributed by atoms with van der Waals surface area (Å²) in [6.07, 6.45) is -0.427. The van der Waals surface area contributed by atoms with Crippen LogP contribution in [0.5, 0.6) is 0 Å². The number of rotatable bonds is 7. The Morgan fingerprint density at radius 3 is 2.33 bits per heavy atom. The van der Waals surface area contributed by atoms with Gasteiger partial charge in [0.1, 0.15) is 6.04 Å². The third-order valence-electron chi connectivity index (χ3n) is 1.99. The molecule has 2 atom stereocenters. The highest BCUT2D eigenvalue weighted by Gasteiger charge is 2.31. The number of carboxylic acid groups (broad SMARTS) is 1. The molecular weight excluding hydrogens is 228 g/mol.